The molecule has 0 unspecified atom stereocenters. The van der Waals surface area contributed by atoms with Gasteiger partial charge in [-0.25, -0.2) is 9.78 Å². The molecule has 0 amide bonds. The van der Waals surface area contributed by atoms with Crippen LogP contribution in [0.25, 0.3) is 0 Å². The highest BCUT2D eigenvalue weighted by Crippen LogP contribution is 2.16. The minimum absolute atomic E-state index is 0.337. The summed E-state index contributed by atoms with van der Waals surface area (Å²) >= 11 is 1.39. The van der Waals surface area contributed by atoms with Gasteiger partial charge in [0.2, 0.25) is 0 Å². The largest absolute Gasteiger partial charge is 0.497 e. The van der Waals surface area contributed by atoms with E-state index in [4.69, 9.17) is 4.74 Å². The Hall–Kier alpha value is -2.08. The molecule has 0 aliphatic heterocycles. The number of methoxy groups -OCH3 is 2. The molecule has 0 bridgehead atoms. The van der Waals surface area contributed by atoms with Gasteiger partial charge < -0.3 is 14.8 Å². The number of anilines is 1. The van der Waals surface area contributed by atoms with Crippen LogP contribution in [-0.2, 0) is 11.2 Å². The Balaban J connectivity index is 1.83. The molecule has 0 saturated heterocycles. The van der Waals surface area contributed by atoms with Gasteiger partial charge >= 0.3 is 5.97 Å². The lowest BCUT2D eigenvalue weighted by Crippen LogP contribution is -2.06. The van der Waals surface area contributed by atoms with Crippen molar-refractivity contribution in [2.24, 2.45) is 0 Å². The Morgan fingerprint density at radius 2 is 2.05 bits per heavy atom. The van der Waals surface area contributed by atoms with Gasteiger partial charge in [0.1, 0.15) is 5.75 Å². The average Bonchev–Trinajstić information content (AvgIpc) is 2.96. The van der Waals surface area contributed by atoms with Crippen molar-refractivity contribution < 1.29 is 14.3 Å². The number of nitrogens with zero attached hydrogens (tertiary/aromatic N) is 1. The van der Waals surface area contributed by atoms with E-state index in [0.717, 1.165) is 23.8 Å². The zero-order valence-corrected chi connectivity index (χ0v) is 12.2. The first-order valence-corrected chi connectivity index (χ1v) is 7.01. The number of nitrogens with one attached hydrogen (secondary N) is 1. The summed E-state index contributed by atoms with van der Waals surface area (Å²) in [7, 11) is 3.00. The SMILES string of the molecule is COC(=O)c1csc(NCCc2ccc(OC)cc2)n1. The van der Waals surface area contributed by atoms with Gasteiger partial charge in [-0.05, 0) is 24.1 Å². The van der Waals surface area contributed by atoms with Crippen molar-refractivity contribution in [3.63, 3.8) is 0 Å². The molecule has 0 atom stereocenters. The highest BCUT2D eigenvalue weighted by molar-refractivity contribution is 7.13. The van der Waals surface area contributed by atoms with Crippen LogP contribution >= 0.6 is 11.3 Å². The number of hydrogen-bond donors (Lipinski definition) is 1. The number of rotatable bonds is 6. The summed E-state index contributed by atoms with van der Waals surface area (Å²) in [5, 5.41) is 5.59. The van der Waals surface area contributed by atoms with E-state index >= 15 is 0 Å². The molecule has 5 nitrogen and oxygen atoms in total. The summed E-state index contributed by atoms with van der Waals surface area (Å²) in [6.45, 7) is 0.750. The van der Waals surface area contributed by atoms with Crippen molar-refractivity contribution in [1.29, 1.82) is 0 Å². The minimum Gasteiger partial charge on any atom is -0.497 e. The van der Waals surface area contributed by atoms with Gasteiger partial charge in [0.15, 0.2) is 10.8 Å². The quantitative estimate of drug-likeness (QED) is 0.829. The summed E-state index contributed by atoms with van der Waals surface area (Å²) in [6, 6.07) is 7.94. The molecule has 1 aromatic heterocycles. The van der Waals surface area contributed by atoms with Crippen LogP contribution in [0.1, 0.15) is 16.1 Å². The highest BCUT2D eigenvalue weighted by Gasteiger charge is 2.09. The van der Waals surface area contributed by atoms with Crippen molar-refractivity contribution in [3.8, 4) is 5.75 Å². The Bertz CT molecular complexity index is 566. The third kappa shape index (κ3) is 3.71. The van der Waals surface area contributed by atoms with Crippen LogP contribution in [0.3, 0.4) is 0 Å². The maximum absolute atomic E-state index is 11.3. The van der Waals surface area contributed by atoms with Crippen molar-refractivity contribution in [2.45, 2.75) is 6.42 Å². The molecule has 2 rings (SSSR count). The molecule has 0 aliphatic carbocycles. The summed E-state index contributed by atoms with van der Waals surface area (Å²) in [4.78, 5) is 15.4. The van der Waals surface area contributed by atoms with Crippen molar-refractivity contribution in [1.82, 2.24) is 4.98 Å². The predicted octanol–water partition coefficient (Wildman–Crippen LogP) is 2.59. The standard InChI is InChI=1S/C14H16N2O3S/c1-18-11-5-3-10(4-6-11)7-8-15-14-16-12(9-20-14)13(17)19-2/h3-6,9H,7-8H2,1-2H3,(H,15,16). The van der Waals surface area contributed by atoms with E-state index in [1.165, 1.54) is 24.0 Å². The second kappa shape index (κ2) is 6.91. The third-order valence-electron chi connectivity index (χ3n) is 2.75. The summed E-state index contributed by atoms with van der Waals surface area (Å²) in [5.41, 5.74) is 1.55. The lowest BCUT2D eigenvalue weighted by atomic mass is 10.1. The molecule has 2 aromatic rings. The smallest absolute Gasteiger partial charge is 0.357 e. The Morgan fingerprint density at radius 1 is 1.30 bits per heavy atom. The minimum atomic E-state index is -0.413. The Kier molecular flexibility index (Phi) is 4.95. The van der Waals surface area contributed by atoms with E-state index in [2.05, 4.69) is 15.0 Å². The molecule has 1 N–H and O–H groups in total. The van der Waals surface area contributed by atoms with Crippen LogP contribution in [0.2, 0.25) is 0 Å². The van der Waals surface area contributed by atoms with E-state index in [9.17, 15) is 4.79 Å². The second-order valence-electron chi connectivity index (χ2n) is 4.05. The molecular weight excluding hydrogens is 276 g/mol. The van der Waals surface area contributed by atoms with E-state index < -0.39 is 5.97 Å². The number of benzene rings is 1. The number of aromatic nitrogens is 1. The molecule has 20 heavy (non-hydrogen) atoms. The van der Waals surface area contributed by atoms with Gasteiger partial charge in [-0.3, -0.25) is 0 Å². The zero-order valence-electron chi connectivity index (χ0n) is 11.4. The maximum atomic E-state index is 11.3. The molecule has 0 fully saturated rings. The first-order chi connectivity index (χ1) is 9.72. The van der Waals surface area contributed by atoms with Crippen LogP contribution in [0.4, 0.5) is 5.13 Å². The molecule has 1 aromatic carbocycles. The normalized spacial score (nSPS) is 10.1. The molecule has 0 radical (unpaired) electrons. The first-order valence-electron chi connectivity index (χ1n) is 6.13. The van der Waals surface area contributed by atoms with E-state index in [-0.39, 0.29) is 0 Å². The van der Waals surface area contributed by atoms with E-state index in [1.807, 2.05) is 24.3 Å². The van der Waals surface area contributed by atoms with Crippen LogP contribution < -0.4 is 10.1 Å². The number of thiazole rings is 1. The summed E-state index contributed by atoms with van der Waals surface area (Å²) in [5.74, 6) is 0.439. The number of hydrogen-bond acceptors (Lipinski definition) is 6. The fourth-order valence-corrected chi connectivity index (χ4v) is 2.37. The van der Waals surface area contributed by atoms with Crippen LogP contribution in [0, 0.1) is 0 Å². The van der Waals surface area contributed by atoms with Gasteiger partial charge in [0.25, 0.3) is 0 Å². The van der Waals surface area contributed by atoms with E-state index in [1.54, 1.807) is 12.5 Å². The topological polar surface area (TPSA) is 60.5 Å². The number of carbonyl (C=O) groups excluding carboxylic acids is 1. The number of carbonyl (C=O) groups is 1. The monoisotopic (exact) mass is 292 g/mol. The zero-order chi connectivity index (χ0) is 14.4. The Labute approximate surface area is 121 Å². The van der Waals surface area contributed by atoms with Crippen LogP contribution in [-0.4, -0.2) is 31.7 Å². The summed E-state index contributed by atoms with van der Waals surface area (Å²) in [6.07, 6.45) is 0.872. The van der Waals surface area contributed by atoms with Gasteiger partial charge in [-0.2, -0.15) is 0 Å². The predicted molar refractivity (Wildman–Crippen MR) is 78.6 cm³/mol. The maximum Gasteiger partial charge on any atom is 0.357 e. The van der Waals surface area contributed by atoms with Crippen LogP contribution in [0.15, 0.2) is 29.6 Å². The molecule has 0 aliphatic rings. The number of esters is 1. The summed E-state index contributed by atoms with van der Waals surface area (Å²) < 4.78 is 9.72. The van der Waals surface area contributed by atoms with Gasteiger partial charge in [-0.1, -0.05) is 12.1 Å². The van der Waals surface area contributed by atoms with Gasteiger partial charge in [-0.15, -0.1) is 11.3 Å². The Morgan fingerprint density at radius 3 is 2.70 bits per heavy atom. The molecule has 0 spiro atoms. The second-order valence-corrected chi connectivity index (χ2v) is 4.91. The molecule has 106 valence electrons. The van der Waals surface area contributed by atoms with Crippen molar-refractivity contribution in [3.05, 3.63) is 40.9 Å². The highest BCUT2D eigenvalue weighted by atomic mass is 32.1. The molecular formula is C14H16N2O3S. The first kappa shape index (κ1) is 14.3. The fraction of sp³-hybridized carbons (Fsp3) is 0.286. The fourth-order valence-electron chi connectivity index (χ4n) is 1.66. The molecule has 6 heteroatoms. The molecule has 1 heterocycles. The number of ether oxygens (including phenoxy) is 2. The van der Waals surface area contributed by atoms with Crippen molar-refractivity contribution in [2.75, 3.05) is 26.1 Å². The molecule has 0 saturated carbocycles. The van der Waals surface area contributed by atoms with Crippen LogP contribution in [0.5, 0.6) is 5.75 Å². The lowest BCUT2D eigenvalue weighted by Gasteiger charge is -2.04. The third-order valence-corrected chi connectivity index (χ3v) is 3.55. The van der Waals surface area contributed by atoms with Gasteiger partial charge in [0.05, 0.1) is 14.2 Å². The van der Waals surface area contributed by atoms with Gasteiger partial charge in [0, 0.05) is 11.9 Å². The lowest BCUT2D eigenvalue weighted by molar-refractivity contribution is 0.0595. The average molecular weight is 292 g/mol. The van der Waals surface area contributed by atoms with E-state index in [0.29, 0.717) is 5.69 Å². The van der Waals surface area contributed by atoms with Crippen molar-refractivity contribution >= 4 is 22.4 Å².